The van der Waals surface area contributed by atoms with Crippen molar-refractivity contribution in [3.05, 3.63) is 29.8 Å². The molecule has 3 N–H and O–H groups in total. The van der Waals surface area contributed by atoms with Crippen LogP contribution in [0.4, 0.5) is 0 Å². The molecule has 23 heavy (non-hydrogen) atoms. The Balaban J connectivity index is 2.88. The van der Waals surface area contributed by atoms with Crippen LogP contribution in [0.15, 0.2) is 29.2 Å². The van der Waals surface area contributed by atoms with E-state index in [-0.39, 0.29) is 4.90 Å². The first-order valence-corrected chi connectivity index (χ1v) is 8.27. The summed E-state index contributed by atoms with van der Waals surface area (Å²) in [6.45, 7) is 2.65. The maximum atomic E-state index is 12.3. The van der Waals surface area contributed by atoms with E-state index in [1.807, 2.05) is 6.92 Å². The average Bonchev–Trinajstić information content (AvgIpc) is 2.50. The molecule has 2 atom stereocenters. The van der Waals surface area contributed by atoms with Gasteiger partial charge in [0.25, 0.3) is 0 Å². The highest BCUT2D eigenvalue weighted by Crippen LogP contribution is 2.11. The van der Waals surface area contributed by atoms with Crippen molar-refractivity contribution >= 4 is 21.9 Å². The topological polar surface area (TPSA) is 122 Å². The van der Waals surface area contributed by atoms with Crippen LogP contribution in [-0.4, -0.2) is 51.2 Å². The predicted octanol–water partition coefficient (Wildman–Crippen LogP) is -0.688. The number of nitrogens with one attached hydrogen (secondary N) is 2. The van der Waals surface area contributed by atoms with E-state index in [1.54, 1.807) is 12.1 Å². The van der Waals surface area contributed by atoms with Crippen LogP contribution in [0, 0.1) is 6.92 Å². The fraction of sp³-hybridized carbons (Fsp3) is 0.429. The zero-order valence-corrected chi connectivity index (χ0v) is 13.9. The molecule has 0 bridgehead atoms. The van der Waals surface area contributed by atoms with Crippen LogP contribution in [0.2, 0.25) is 0 Å². The van der Waals surface area contributed by atoms with Crippen molar-refractivity contribution in [2.75, 3.05) is 13.7 Å². The number of esters is 1. The van der Waals surface area contributed by atoms with Gasteiger partial charge in [-0.25, -0.2) is 8.42 Å². The maximum absolute atomic E-state index is 12.3. The third-order valence-corrected chi connectivity index (χ3v) is 4.47. The minimum atomic E-state index is -4.00. The number of carbonyl (C=O) groups is 2. The molecule has 0 aliphatic carbocycles. The van der Waals surface area contributed by atoms with Crippen LogP contribution in [0.3, 0.4) is 0 Å². The number of aliphatic hydroxyl groups is 1. The fourth-order valence-corrected chi connectivity index (χ4v) is 2.93. The molecular weight excluding hydrogens is 324 g/mol. The van der Waals surface area contributed by atoms with Gasteiger partial charge in [0.05, 0.1) is 18.1 Å². The van der Waals surface area contributed by atoms with Gasteiger partial charge in [0.2, 0.25) is 15.9 Å². The predicted molar refractivity (Wildman–Crippen MR) is 82.0 cm³/mol. The first-order valence-electron chi connectivity index (χ1n) is 6.79. The summed E-state index contributed by atoms with van der Waals surface area (Å²) in [7, 11) is -2.84. The molecule has 8 nitrogen and oxygen atoms in total. The van der Waals surface area contributed by atoms with E-state index in [0.717, 1.165) is 12.7 Å². The molecule has 1 aromatic carbocycles. The molecule has 0 aromatic heterocycles. The zero-order chi connectivity index (χ0) is 17.6. The number of rotatable bonds is 7. The number of methoxy groups -OCH3 is 1. The fourth-order valence-electron chi connectivity index (χ4n) is 1.67. The molecule has 0 aliphatic heterocycles. The molecule has 1 rings (SSSR count). The van der Waals surface area contributed by atoms with E-state index in [9.17, 15) is 23.1 Å². The van der Waals surface area contributed by atoms with Gasteiger partial charge in [-0.1, -0.05) is 17.7 Å². The van der Waals surface area contributed by atoms with Gasteiger partial charge < -0.3 is 15.2 Å². The molecule has 0 aliphatic rings. The molecule has 0 unspecified atom stereocenters. The van der Waals surface area contributed by atoms with Crippen LogP contribution in [0.25, 0.3) is 0 Å². The van der Waals surface area contributed by atoms with Crippen molar-refractivity contribution in [2.45, 2.75) is 30.9 Å². The summed E-state index contributed by atoms with van der Waals surface area (Å²) in [6.07, 6.45) is -1.30. The van der Waals surface area contributed by atoms with Crippen molar-refractivity contribution in [1.29, 1.82) is 0 Å². The summed E-state index contributed by atoms with van der Waals surface area (Å²) in [4.78, 5) is 22.9. The summed E-state index contributed by atoms with van der Waals surface area (Å²) in [5, 5.41) is 11.9. The highest BCUT2D eigenvalue weighted by molar-refractivity contribution is 7.89. The van der Waals surface area contributed by atoms with Crippen LogP contribution in [0.5, 0.6) is 0 Å². The third kappa shape index (κ3) is 5.62. The monoisotopic (exact) mass is 344 g/mol. The lowest BCUT2D eigenvalue weighted by molar-refractivity contribution is -0.141. The Kier molecular flexibility index (Phi) is 6.67. The number of amides is 1. The first-order chi connectivity index (χ1) is 10.7. The number of sulfonamides is 1. The van der Waals surface area contributed by atoms with Crippen molar-refractivity contribution < 1.29 is 27.9 Å². The summed E-state index contributed by atoms with van der Waals surface area (Å²) in [5.74, 6) is -1.52. The van der Waals surface area contributed by atoms with Crippen molar-refractivity contribution in [3.63, 3.8) is 0 Å². The second-order valence-corrected chi connectivity index (χ2v) is 6.66. The first kappa shape index (κ1) is 19.1. The van der Waals surface area contributed by atoms with Gasteiger partial charge >= 0.3 is 5.97 Å². The number of carbonyl (C=O) groups excluding carboxylic acids is 2. The number of aliphatic hydroxyl groups excluding tert-OH is 1. The van der Waals surface area contributed by atoms with E-state index in [4.69, 9.17) is 0 Å². The number of aryl methyl sites for hydroxylation is 1. The Morgan fingerprint density at radius 2 is 1.83 bits per heavy atom. The summed E-state index contributed by atoms with van der Waals surface area (Å²) in [6, 6.07) is 4.57. The standard InChI is InChI=1S/C14H20N2O6S/c1-9-4-6-11(7-5-9)23(20,21)16-13(10(2)17)14(19)15-8-12(18)22-3/h4-7,10,13,16-17H,8H2,1-3H3,(H,15,19)/t10-,13+/m1/s1. The van der Waals surface area contributed by atoms with E-state index in [0.29, 0.717) is 0 Å². The zero-order valence-electron chi connectivity index (χ0n) is 13.1. The minimum absolute atomic E-state index is 0.0329. The Morgan fingerprint density at radius 3 is 2.30 bits per heavy atom. The molecule has 1 amide bonds. The van der Waals surface area contributed by atoms with Crippen molar-refractivity contribution in [1.82, 2.24) is 10.0 Å². The Bertz CT molecular complexity index is 654. The van der Waals surface area contributed by atoms with Crippen molar-refractivity contribution in [3.8, 4) is 0 Å². The molecule has 0 spiro atoms. The van der Waals surface area contributed by atoms with E-state index in [1.165, 1.54) is 19.1 Å². The second kappa shape index (κ2) is 8.04. The maximum Gasteiger partial charge on any atom is 0.325 e. The van der Waals surface area contributed by atoms with Gasteiger partial charge in [0.1, 0.15) is 12.6 Å². The molecule has 1 aromatic rings. The molecule has 9 heteroatoms. The Labute approximate surface area is 134 Å². The molecular formula is C14H20N2O6S. The molecule has 0 saturated heterocycles. The van der Waals surface area contributed by atoms with Gasteiger partial charge in [0.15, 0.2) is 0 Å². The SMILES string of the molecule is COC(=O)CNC(=O)[C@@H](NS(=O)(=O)c1ccc(C)cc1)[C@@H](C)O. The number of hydrogen-bond donors (Lipinski definition) is 3. The van der Waals surface area contributed by atoms with Crippen LogP contribution in [-0.2, 0) is 24.3 Å². The van der Waals surface area contributed by atoms with E-state index < -0.39 is 40.6 Å². The summed E-state index contributed by atoms with van der Waals surface area (Å²) in [5.41, 5.74) is 0.881. The van der Waals surface area contributed by atoms with E-state index >= 15 is 0 Å². The number of benzene rings is 1. The lowest BCUT2D eigenvalue weighted by atomic mass is 10.2. The third-order valence-electron chi connectivity index (χ3n) is 3.01. The number of ether oxygens (including phenoxy) is 1. The molecule has 128 valence electrons. The largest absolute Gasteiger partial charge is 0.468 e. The molecule has 0 radical (unpaired) electrons. The number of hydrogen-bond acceptors (Lipinski definition) is 6. The van der Waals surface area contributed by atoms with Crippen LogP contribution < -0.4 is 10.0 Å². The Morgan fingerprint density at radius 1 is 1.26 bits per heavy atom. The smallest absolute Gasteiger partial charge is 0.325 e. The van der Waals surface area contributed by atoms with Crippen molar-refractivity contribution in [2.24, 2.45) is 0 Å². The van der Waals surface area contributed by atoms with Gasteiger partial charge in [-0.2, -0.15) is 4.72 Å². The summed E-state index contributed by atoms with van der Waals surface area (Å²) >= 11 is 0. The normalized spacial score (nSPS) is 13.9. The Hall–Kier alpha value is -1.97. The molecule has 0 saturated carbocycles. The van der Waals surface area contributed by atoms with Gasteiger partial charge in [-0.15, -0.1) is 0 Å². The van der Waals surface area contributed by atoms with Gasteiger partial charge in [-0.05, 0) is 26.0 Å². The lowest BCUT2D eigenvalue weighted by Crippen LogP contribution is -2.53. The minimum Gasteiger partial charge on any atom is -0.468 e. The van der Waals surface area contributed by atoms with Crippen LogP contribution in [0.1, 0.15) is 12.5 Å². The molecule has 0 heterocycles. The van der Waals surface area contributed by atoms with E-state index in [2.05, 4.69) is 14.8 Å². The average molecular weight is 344 g/mol. The highest BCUT2D eigenvalue weighted by Gasteiger charge is 2.29. The highest BCUT2D eigenvalue weighted by atomic mass is 32.2. The van der Waals surface area contributed by atoms with Gasteiger partial charge in [-0.3, -0.25) is 9.59 Å². The summed E-state index contributed by atoms with van der Waals surface area (Å²) < 4.78 is 31.0. The second-order valence-electron chi connectivity index (χ2n) is 4.95. The van der Waals surface area contributed by atoms with Gasteiger partial charge in [0, 0.05) is 0 Å². The lowest BCUT2D eigenvalue weighted by Gasteiger charge is -2.20. The molecule has 0 fully saturated rings. The van der Waals surface area contributed by atoms with Crippen LogP contribution >= 0.6 is 0 Å². The quantitative estimate of drug-likeness (QED) is 0.563.